The molecule has 1 fully saturated rings. The van der Waals surface area contributed by atoms with Gasteiger partial charge in [0.1, 0.15) is 6.54 Å². The van der Waals surface area contributed by atoms with Crippen molar-refractivity contribution < 1.29 is 14.3 Å². The zero-order chi connectivity index (χ0) is 12.5. The maximum absolute atomic E-state index is 11.8. The lowest BCUT2D eigenvalue weighted by Crippen LogP contribution is -2.36. The zero-order valence-corrected chi connectivity index (χ0v) is 11.7. The van der Waals surface area contributed by atoms with Crippen LogP contribution in [-0.2, 0) is 14.3 Å². The molecule has 1 amide bonds. The van der Waals surface area contributed by atoms with Gasteiger partial charge in [0.05, 0.1) is 11.9 Å². The Hall–Kier alpha value is -0.360. The molecule has 0 radical (unpaired) electrons. The number of amides is 1. The molecule has 1 rings (SSSR count). The molecule has 6 heteroatoms. The highest BCUT2D eigenvalue weighted by Gasteiger charge is 2.21. The average Bonchev–Trinajstić information content (AvgIpc) is 2.26. The average molecular weight is 277 g/mol. The summed E-state index contributed by atoms with van der Waals surface area (Å²) in [7, 11) is 3.37. The van der Waals surface area contributed by atoms with Crippen LogP contribution < -0.4 is 5.32 Å². The highest BCUT2D eigenvalue weighted by Crippen LogP contribution is 2.33. The van der Waals surface area contributed by atoms with Crippen molar-refractivity contribution in [3.8, 4) is 0 Å². The minimum atomic E-state index is -0.371. The quantitative estimate of drug-likeness (QED) is 0.629. The van der Waals surface area contributed by atoms with E-state index in [1.54, 1.807) is 28.5 Å². The van der Waals surface area contributed by atoms with E-state index in [1.807, 2.05) is 0 Å². The van der Waals surface area contributed by atoms with Crippen molar-refractivity contribution in [2.45, 2.75) is 37.9 Å². The van der Waals surface area contributed by atoms with E-state index in [9.17, 15) is 9.59 Å². The molecule has 0 spiro atoms. The van der Waals surface area contributed by atoms with Gasteiger partial charge < -0.3 is 10.1 Å². The molecular formula is C11H19NO3S2. The Morgan fingerprint density at radius 2 is 2.18 bits per heavy atom. The lowest BCUT2D eigenvalue weighted by Gasteiger charge is -2.17. The van der Waals surface area contributed by atoms with Gasteiger partial charge in [-0.1, -0.05) is 34.4 Å². The third-order valence-corrected chi connectivity index (χ3v) is 5.26. The van der Waals surface area contributed by atoms with Gasteiger partial charge in [0, 0.05) is 5.75 Å². The van der Waals surface area contributed by atoms with Crippen LogP contribution in [0.15, 0.2) is 0 Å². The smallest absolute Gasteiger partial charge is 0.325 e. The van der Waals surface area contributed by atoms with Crippen LogP contribution in [0.2, 0.25) is 0 Å². The summed E-state index contributed by atoms with van der Waals surface area (Å²) < 4.78 is 4.76. The van der Waals surface area contributed by atoms with Gasteiger partial charge in [0.2, 0.25) is 5.91 Å². The number of carbonyl (C=O) groups excluding carboxylic acids is 2. The normalized spacial score (nSPS) is 21.1. The summed E-state index contributed by atoms with van der Waals surface area (Å²) in [4.78, 5) is 22.9. The Bertz CT molecular complexity index is 253. The highest BCUT2D eigenvalue weighted by atomic mass is 33.1. The second kappa shape index (κ2) is 8.69. The topological polar surface area (TPSA) is 55.4 Å². The van der Waals surface area contributed by atoms with Crippen molar-refractivity contribution in [3.05, 3.63) is 0 Å². The number of nitrogens with one attached hydrogen (secondary N) is 1. The fraction of sp³-hybridized carbons (Fsp3) is 0.818. The van der Waals surface area contributed by atoms with Gasteiger partial charge in [0.15, 0.2) is 0 Å². The lowest BCUT2D eigenvalue weighted by atomic mass is 10.1. The summed E-state index contributed by atoms with van der Waals surface area (Å²) in [6.45, 7) is 2.08. The first-order valence-electron chi connectivity index (χ1n) is 5.95. The molecule has 0 aromatic heterocycles. The molecule has 1 aliphatic rings. The van der Waals surface area contributed by atoms with Gasteiger partial charge in [0.25, 0.3) is 0 Å². The summed E-state index contributed by atoms with van der Waals surface area (Å²) in [5.41, 5.74) is 0. The van der Waals surface area contributed by atoms with Gasteiger partial charge in [-0.3, -0.25) is 9.59 Å². The molecule has 0 bridgehead atoms. The van der Waals surface area contributed by atoms with Crippen molar-refractivity contribution in [2.24, 2.45) is 0 Å². The second-order valence-electron chi connectivity index (χ2n) is 3.78. The molecule has 98 valence electrons. The Balaban J connectivity index is 2.27. The molecule has 4 nitrogen and oxygen atoms in total. The fourth-order valence-electron chi connectivity index (χ4n) is 1.51. The first-order chi connectivity index (χ1) is 8.24. The summed E-state index contributed by atoms with van der Waals surface area (Å²) in [5.74, 6) is 0.688. The van der Waals surface area contributed by atoms with E-state index in [1.165, 1.54) is 12.8 Å². The third kappa shape index (κ3) is 6.21. The van der Waals surface area contributed by atoms with Crippen LogP contribution in [0.1, 0.15) is 32.6 Å². The number of carbonyl (C=O) groups is 2. The number of hydrogen-bond donors (Lipinski definition) is 1. The van der Waals surface area contributed by atoms with E-state index in [4.69, 9.17) is 4.74 Å². The van der Waals surface area contributed by atoms with Crippen molar-refractivity contribution in [3.63, 3.8) is 0 Å². The molecule has 0 aromatic rings. The number of ether oxygens (including phenoxy) is 1. The molecule has 1 heterocycles. The van der Waals surface area contributed by atoms with E-state index in [2.05, 4.69) is 5.32 Å². The molecule has 1 saturated heterocycles. The molecule has 1 aliphatic heterocycles. The molecular weight excluding hydrogens is 258 g/mol. The summed E-state index contributed by atoms with van der Waals surface area (Å²) in [6.07, 6.45) is 4.40. The Morgan fingerprint density at radius 3 is 2.94 bits per heavy atom. The highest BCUT2D eigenvalue weighted by molar-refractivity contribution is 8.77. The molecule has 17 heavy (non-hydrogen) atoms. The summed E-state index contributed by atoms with van der Waals surface area (Å²) >= 11 is 0. The maximum Gasteiger partial charge on any atom is 0.325 e. The molecule has 1 atom stereocenters. The van der Waals surface area contributed by atoms with Gasteiger partial charge in [-0.05, 0) is 19.8 Å². The lowest BCUT2D eigenvalue weighted by molar-refractivity contribution is -0.143. The second-order valence-corrected chi connectivity index (χ2v) is 6.47. The summed E-state index contributed by atoms with van der Waals surface area (Å²) in [6, 6.07) is 0. The predicted molar refractivity (Wildman–Crippen MR) is 71.9 cm³/mol. The zero-order valence-electron chi connectivity index (χ0n) is 10.1. The Labute approximate surface area is 110 Å². The van der Waals surface area contributed by atoms with Gasteiger partial charge in [-0.2, -0.15) is 0 Å². The van der Waals surface area contributed by atoms with Crippen LogP contribution in [0.25, 0.3) is 0 Å². The Morgan fingerprint density at radius 1 is 1.35 bits per heavy atom. The van der Waals surface area contributed by atoms with E-state index in [0.717, 1.165) is 18.6 Å². The largest absolute Gasteiger partial charge is 0.465 e. The number of hydrogen-bond acceptors (Lipinski definition) is 5. The van der Waals surface area contributed by atoms with Crippen LogP contribution in [-0.4, -0.2) is 36.0 Å². The Kier molecular flexibility index (Phi) is 7.51. The number of rotatable bonds is 4. The molecule has 0 saturated carbocycles. The van der Waals surface area contributed by atoms with Crippen molar-refractivity contribution in [1.29, 1.82) is 0 Å². The van der Waals surface area contributed by atoms with E-state index < -0.39 is 0 Å². The van der Waals surface area contributed by atoms with Gasteiger partial charge in [-0.15, -0.1) is 0 Å². The van der Waals surface area contributed by atoms with Gasteiger partial charge in [-0.25, -0.2) is 0 Å². The fourth-order valence-corrected chi connectivity index (χ4v) is 4.21. The standard InChI is InChI=1S/C11H19NO3S2/c1-2-15-10(13)8-12-11(14)9-6-4-3-5-7-16-17-9/h9H,2-8H2,1H3,(H,12,14). The van der Waals surface area contributed by atoms with Crippen molar-refractivity contribution in [2.75, 3.05) is 18.9 Å². The molecule has 0 aromatic carbocycles. The van der Waals surface area contributed by atoms with Crippen LogP contribution in [0.3, 0.4) is 0 Å². The number of esters is 1. The van der Waals surface area contributed by atoms with Crippen LogP contribution in [0.5, 0.6) is 0 Å². The minimum absolute atomic E-state index is 0.0194. The first kappa shape index (κ1) is 14.7. The molecule has 1 unspecified atom stereocenters. The first-order valence-corrected chi connectivity index (χ1v) is 8.34. The molecule has 0 aliphatic carbocycles. The monoisotopic (exact) mass is 277 g/mol. The van der Waals surface area contributed by atoms with Gasteiger partial charge >= 0.3 is 5.97 Å². The van der Waals surface area contributed by atoms with Crippen LogP contribution >= 0.6 is 21.6 Å². The molecule has 1 N–H and O–H groups in total. The van der Waals surface area contributed by atoms with E-state index >= 15 is 0 Å². The van der Waals surface area contributed by atoms with E-state index in [-0.39, 0.29) is 23.7 Å². The van der Waals surface area contributed by atoms with E-state index in [0.29, 0.717) is 6.61 Å². The van der Waals surface area contributed by atoms with Crippen LogP contribution in [0, 0.1) is 0 Å². The summed E-state index contributed by atoms with van der Waals surface area (Å²) in [5, 5.41) is 2.60. The maximum atomic E-state index is 11.8. The minimum Gasteiger partial charge on any atom is -0.465 e. The SMILES string of the molecule is CCOC(=O)CNC(=O)C1CCCCCSS1. The van der Waals surface area contributed by atoms with Crippen molar-refractivity contribution >= 4 is 33.5 Å². The van der Waals surface area contributed by atoms with Crippen molar-refractivity contribution in [1.82, 2.24) is 5.32 Å². The van der Waals surface area contributed by atoms with Crippen LogP contribution in [0.4, 0.5) is 0 Å². The third-order valence-electron chi connectivity index (χ3n) is 2.38. The predicted octanol–water partition coefficient (Wildman–Crippen LogP) is 1.99.